The smallest absolute Gasteiger partial charge is 0.0677 e. The second-order valence-corrected chi connectivity index (χ2v) is 7.75. The van der Waals surface area contributed by atoms with E-state index in [9.17, 15) is 15.3 Å². The van der Waals surface area contributed by atoms with Gasteiger partial charge < -0.3 is 15.3 Å². The lowest BCUT2D eigenvalue weighted by molar-refractivity contribution is -0.170. The minimum Gasteiger partial charge on any atom is -0.393 e. The predicted octanol–water partition coefficient (Wildman–Crippen LogP) is 2.09. The molecule has 3 nitrogen and oxygen atoms in total. The Hall–Kier alpha value is -0.120. The molecule has 2 aliphatic rings. The van der Waals surface area contributed by atoms with Crippen LogP contribution in [0.5, 0.6) is 0 Å². The summed E-state index contributed by atoms with van der Waals surface area (Å²) in [6.07, 6.45) is 3.69. The minimum absolute atomic E-state index is 0.0168. The maximum atomic E-state index is 10.6. The molecule has 106 valence electrons. The number of hydrogen-bond donors (Lipinski definition) is 3. The first-order chi connectivity index (χ1) is 8.05. The zero-order valence-corrected chi connectivity index (χ0v) is 12.1. The Kier molecular flexibility index (Phi) is 3.33. The van der Waals surface area contributed by atoms with Gasteiger partial charge in [0.05, 0.1) is 17.3 Å². The van der Waals surface area contributed by atoms with Crippen LogP contribution in [0.3, 0.4) is 0 Å². The van der Waals surface area contributed by atoms with Crippen molar-refractivity contribution in [2.24, 2.45) is 17.3 Å². The lowest BCUT2D eigenvalue weighted by atomic mass is 9.52. The minimum atomic E-state index is -0.809. The summed E-state index contributed by atoms with van der Waals surface area (Å²) in [4.78, 5) is 0. The molecular formula is C15H28O3. The van der Waals surface area contributed by atoms with E-state index in [4.69, 9.17) is 0 Å². The van der Waals surface area contributed by atoms with Gasteiger partial charge in [-0.2, -0.15) is 0 Å². The van der Waals surface area contributed by atoms with Gasteiger partial charge in [0.25, 0.3) is 0 Å². The van der Waals surface area contributed by atoms with Crippen molar-refractivity contribution < 1.29 is 15.3 Å². The Morgan fingerprint density at radius 2 is 1.78 bits per heavy atom. The largest absolute Gasteiger partial charge is 0.393 e. The van der Waals surface area contributed by atoms with Gasteiger partial charge in [0.2, 0.25) is 0 Å². The monoisotopic (exact) mass is 256 g/mol. The molecule has 0 bridgehead atoms. The number of rotatable bonds is 1. The molecule has 2 rings (SSSR count). The third-order valence-corrected chi connectivity index (χ3v) is 5.53. The molecule has 0 unspecified atom stereocenters. The Morgan fingerprint density at radius 1 is 1.17 bits per heavy atom. The van der Waals surface area contributed by atoms with Crippen LogP contribution in [0.25, 0.3) is 0 Å². The van der Waals surface area contributed by atoms with Gasteiger partial charge in [-0.3, -0.25) is 0 Å². The second-order valence-electron chi connectivity index (χ2n) is 7.75. The SMILES string of the molecule is CC(C)(O)[C@@H]1CC[C@@]2(C)C[C@@H](O)C[C@@](C)(O)[C@@H]2C1. The van der Waals surface area contributed by atoms with Crippen LogP contribution in [0.4, 0.5) is 0 Å². The fourth-order valence-corrected chi connectivity index (χ4v) is 4.49. The van der Waals surface area contributed by atoms with Gasteiger partial charge in [-0.25, -0.2) is 0 Å². The Bertz CT molecular complexity index is 318. The third kappa shape index (κ3) is 2.45. The number of hydrogen-bond acceptors (Lipinski definition) is 3. The molecule has 18 heavy (non-hydrogen) atoms. The zero-order chi connectivity index (χ0) is 13.8. The summed E-state index contributed by atoms with van der Waals surface area (Å²) in [7, 11) is 0. The first-order valence-corrected chi connectivity index (χ1v) is 7.17. The van der Waals surface area contributed by atoms with Crippen molar-refractivity contribution in [3.63, 3.8) is 0 Å². The van der Waals surface area contributed by atoms with Crippen LogP contribution in [0, 0.1) is 17.3 Å². The second kappa shape index (κ2) is 4.19. The highest BCUT2D eigenvalue weighted by Gasteiger charge is 2.54. The van der Waals surface area contributed by atoms with Crippen LogP contribution in [0.1, 0.15) is 59.8 Å². The summed E-state index contributed by atoms with van der Waals surface area (Å²) >= 11 is 0. The quantitative estimate of drug-likeness (QED) is 0.673. The van der Waals surface area contributed by atoms with Crippen LogP contribution in [-0.4, -0.2) is 32.6 Å². The molecule has 0 spiro atoms. The van der Waals surface area contributed by atoms with Crippen molar-refractivity contribution in [2.45, 2.75) is 77.1 Å². The first kappa shape index (κ1) is 14.3. The van der Waals surface area contributed by atoms with Crippen molar-refractivity contribution in [1.29, 1.82) is 0 Å². The lowest BCUT2D eigenvalue weighted by Gasteiger charge is -2.56. The predicted molar refractivity (Wildman–Crippen MR) is 71.1 cm³/mol. The molecule has 2 saturated carbocycles. The molecule has 3 heteroatoms. The molecule has 0 radical (unpaired) electrons. The molecule has 0 amide bonds. The van der Waals surface area contributed by atoms with E-state index in [0.717, 1.165) is 25.7 Å². The molecule has 0 aromatic carbocycles. The first-order valence-electron chi connectivity index (χ1n) is 7.17. The van der Waals surface area contributed by atoms with Crippen LogP contribution in [-0.2, 0) is 0 Å². The Balaban J connectivity index is 2.23. The molecule has 2 aliphatic carbocycles. The van der Waals surface area contributed by atoms with Gasteiger partial charge in [-0.05, 0) is 63.7 Å². The normalized spacial score (nSPS) is 49.8. The summed E-state index contributed by atoms with van der Waals surface area (Å²) in [6, 6.07) is 0. The van der Waals surface area contributed by atoms with Crippen molar-refractivity contribution in [2.75, 3.05) is 0 Å². The Morgan fingerprint density at radius 3 is 2.33 bits per heavy atom. The van der Waals surface area contributed by atoms with E-state index in [2.05, 4.69) is 6.92 Å². The van der Waals surface area contributed by atoms with E-state index in [-0.39, 0.29) is 23.4 Å². The standard InChI is InChI=1S/C15H28O3/c1-13(2,17)10-5-6-14(3)8-11(16)9-15(4,18)12(14)7-10/h10-12,16-18H,5-9H2,1-4H3/t10-,11-,12-,14+,15-/m1/s1. The van der Waals surface area contributed by atoms with Crippen LogP contribution in [0.2, 0.25) is 0 Å². The van der Waals surface area contributed by atoms with E-state index >= 15 is 0 Å². The van der Waals surface area contributed by atoms with E-state index in [1.54, 1.807) is 0 Å². The van der Waals surface area contributed by atoms with Crippen LogP contribution >= 0.6 is 0 Å². The number of fused-ring (bicyclic) bond motifs is 1. The highest BCUT2D eigenvalue weighted by molar-refractivity contribution is 5.05. The van der Waals surface area contributed by atoms with Gasteiger partial charge in [-0.15, -0.1) is 0 Å². The zero-order valence-electron chi connectivity index (χ0n) is 12.1. The van der Waals surface area contributed by atoms with Crippen LogP contribution in [0.15, 0.2) is 0 Å². The molecule has 0 aromatic rings. The van der Waals surface area contributed by atoms with Crippen LogP contribution < -0.4 is 0 Å². The van der Waals surface area contributed by atoms with Gasteiger partial charge >= 0.3 is 0 Å². The summed E-state index contributed by atoms with van der Waals surface area (Å²) < 4.78 is 0. The van der Waals surface area contributed by atoms with Gasteiger partial charge in [0, 0.05) is 6.42 Å². The van der Waals surface area contributed by atoms with Crippen molar-refractivity contribution in [1.82, 2.24) is 0 Å². The Labute approximate surface area is 110 Å². The maximum Gasteiger partial charge on any atom is 0.0677 e. The topological polar surface area (TPSA) is 60.7 Å². The fourth-order valence-electron chi connectivity index (χ4n) is 4.49. The molecule has 2 fully saturated rings. The van der Waals surface area contributed by atoms with E-state index in [1.807, 2.05) is 20.8 Å². The molecule has 3 N–H and O–H groups in total. The van der Waals surface area contributed by atoms with E-state index in [0.29, 0.717) is 6.42 Å². The highest BCUT2D eigenvalue weighted by atomic mass is 16.3. The molecular weight excluding hydrogens is 228 g/mol. The summed E-state index contributed by atoms with van der Waals surface area (Å²) in [5, 5.41) is 30.8. The molecule has 0 aromatic heterocycles. The average Bonchev–Trinajstić information content (AvgIpc) is 2.12. The number of aliphatic hydroxyl groups is 3. The highest BCUT2D eigenvalue weighted by Crippen LogP contribution is 2.56. The number of aliphatic hydroxyl groups excluding tert-OH is 1. The summed E-state index contributed by atoms with van der Waals surface area (Å²) in [5.74, 6) is 0.427. The van der Waals surface area contributed by atoms with Crippen molar-refractivity contribution >= 4 is 0 Å². The third-order valence-electron chi connectivity index (χ3n) is 5.53. The lowest BCUT2D eigenvalue weighted by Crippen LogP contribution is -2.56. The van der Waals surface area contributed by atoms with Gasteiger partial charge in [-0.1, -0.05) is 6.92 Å². The molecule has 0 saturated heterocycles. The summed E-state index contributed by atoms with van der Waals surface area (Å²) in [5.41, 5.74) is -1.47. The molecule has 0 aliphatic heterocycles. The van der Waals surface area contributed by atoms with Crippen molar-refractivity contribution in [3.8, 4) is 0 Å². The molecule has 5 atom stereocenters. The van der Waals surface area contributed by atoms with E-state index < -0.39 is 11.2 Å². The van der Waals surface area contributed by atoms with Gasteiger partial charge in [0.1, 0.15) is 0 Å². The average molecular weight is 256 g/mol. The van der Waals surface area contributed by atoms with Crippen molar-refractivity contribution in [3.05, 3.63) is 0 Å². The fraction of sp³-hybridized carbons (Fsp3) is 1.00. The summed E-state index contributed by atoms with van der Waals surface area (Å²) in [6.45, 7) is 7.78. The van der Waals surface area contributed by atoms with E-state index in [1.165, 1.54) is 0 Å². The maximum absolute atomic E-state index is 10.6. The van der Waals surface area contributed by atoms with Gasteiger partial charge in [0.15, 0.2) is 0 Å². The molecule has 0 heterocycles.